The zero-order valence-electron chi connectivity index (χ0n) is 6.93. The summed E-state index contributed by atoms with van der Waals surface area (Å²) in [6.07, 6.45) is 4.35. The maximum atomic E-state index is 11.7. The number of imidazole rings is 1. The Morgan fingerprint density at radius 3 is 2.83 bits per heavy atom. The van der Waals surface area contributed by atoms with Gasteiger partial charge in [-0.2, -0.15) is 4.36 Å². The molecule has 12 heavy (non-hydrogen) atoms. The Hall–Kier alpha value is -0.840. The Balaban J connectivity index is 2.40. The lowest BCUT2D eigenvalue weighted by molar-refractivity contribution is 0.663. The first-order chi connectivity index (χ1) is 5.70. The third-order valence-electron chi connectivity index (χ3n) is 1.98. The van der Waals surface area contributed by atoms with Crippen LogP contribution in [0.5, 0.6) is 0 Å². The zero-order valence-corrected chi connectivity index (χ0v) is 7.75. The molecule has 0 aliphatic carbocycles. The van der Waals surface area contributed by atoms with E-state index in [1.165, 1.54) is 0 Å². The molecule has 2 rings (SSSR count). The average Bonchev–Trinajstić information content (AvgIpc) is 2.34. The maximum absolute atomic E-state index is 11.7. The summed E-state index contributed by atoms with van der Waals surface area (Å²) in [5.74, 6) is 2.22. The molecule has 1 fully saturated rings. The van der Waals surface area contributed by atoms with Gasteiger partial charge in [-0.05, 0) is 6.42 Å². The van der Waals surface area contributed by atoms with Crippen molar-refractivity contribution in [2.45, 2.75) is 6.42 Å². The molecule has 1 saturated heterocycles. The molecule has 5 heteroatoms. The smallest absolute Gasteiger partial charge is 0.161 e. The summed E-state index contributed by atoms with van der Waals surface area (Å²) in [5, 5.41) is 0. The predicted octanol–water partition coefficient (Wildman–Crippen LogP) is 0.923. The molecule has 0 radical (unpaired) electrons. The molecule has 0 saturated carbocycles. The largest absolute Gasteiger partial charge is 0.318 e. The van der Waals surface area contributed by atoms with Crippen molar-refractivity contribution in [2.75, 3.05) is 11.5 Å². The number of rotatable bonds is 1. The highest BCUT2D eigenvalue weighted by Crippen LogP contribution is 2.19. The summed E-state index contributed by atoms with van der Waals surface area (Å²) in [7, 11) is -0.0158. The molecule has 0 atom stereocenters. The second-order valence-electron chi connectivity index (χ2n) is 2.99. The van der Waals surface area contributed by atoms with Crippen LogP contribution in [-0.4, -0.2) is 25.3 Å². The van der Waals surface area contributed by atoms with E-state index in [0.29, 0.717) is 0 Å². The van der Waals surface area contributed by atoms with Crippen molar-refractivity contribution < 1.29 is 4.21 Å². The number of aryl methyl sites for hydroxylation is 1. The van der Waals surface area contributed by atoms with Crippen LogP contribution in [0, 0.1) is 0 Å². The Labute approximate surface area is 71.8 Å². The van der Waals surface area contributed by atoms with Crippen molar-refractivity contribution in [1.82, 2.24) is 9.55 Å². The minimum absolute atomic E-state index is 0.722. The van der Waals surface area contributed by atoms with E-state index in [2.05, 4.69) is 9.35 Å². The van der Waals surface area contributed by atoms with E-state index in [0.717, 1.165) is 23.7 Å². The van der Waals surface area contributed by atoms with Crippen LogP contribution in [0.15, 0.2) is 16.9 Å². The van der Waals surface area contributed by atoms with Gasteiger partial charge in [-0.25, -0.2) is 9.19 Å². The molecule has 0 N–H and O–H groups in total. The van der Waals surface area contributed by atoms with E-state index in [4.69, 9.17) is 0 Å². The van der Waals surface area contributed by atoms with Crippen LogP contribution in [0.1, 0.15) is 6.42 Å². The highest BCUT2D eigenvalue weighted by Gasteiger charge is 2.19. The van der Waals surface area contributed by atoms with Crippen molar-refractivity contribution in [3.8, 4) is 0 Å². The van der Waals surface area contributed by atoms with Crippen LogP contribution in [0.2, 0.25) is 0 Å². The zero-order chi connectivity index (χ0) is 8.60. The van der Waals surface area contributed by atoms with Crippen molar-refractivity contribution in [3.05, 3.63) is 12.5 Å². The summed E-state index contributed by atoms with van der Waals surface area (Å²) in [4.78, 5) is 3.91. The van der Waals surface area contributed by atoms with E-state index in [9.17, 15) is 4.21 Å². The molecule has 0 spiro atoms. The molecular weight excluding hydrogens is 174 g/mol. The third kappa shape index (κ3) is 1.24. The highest BCUT2D eigenvalue weighted by molar-refractivity contribution is 7.95. The van der Waals surface area contributed by atoms with Crippen LogP contribution in [0.4, 0.5) is 5.82 Å². The molecule has 66 valence electrons. The van der Waals surface area contributed by atoms with Gasteiger partial charge in [-0.15, -0.1) is 0 Å². The van der Waals surface area contributed by atoms with E-state index >= 15 is 0 Å². The van der Waals surface area contributed by atoms with Gasteiger partial charge in [0.25, 0.3) is 0 Å². The monoisotopic (exact) mass is 185 g/mol. The summed E-state index contributed by atoms with van der Waals surface area (Å²) < 4.78 is 17.6. The van der Waals surface area contributed by atoms with Crippen LogP contribution >= 0.6 is 0 Å². The van der Waals surface area contributed by atoms with Gasteiger partial charge in [0.1, 0.15) is 0 Å². The predicted molar refractivity (Wildman–Crippen MR) is 47.8 cm³/mol. The summed E-state index contributed by atoms with van der Waals surface area (Å²) in [6, 6.07) is 0. The molecule has 0 bridgehead atoms. The fourth-order valence-electron chi connectivity index (χ4n) is 1.09. The molecule has 0 aromatic carbocycles. The molecule has 1 aromatic heterocycles. The molecule has 1 aliphatic rings. The average molecular weight is 185 g/mol. The minimum atomic E-state index is -1.87. The van der Waals surface area contributed by atoms with Gasteiger partial charge in [0.15, 0.2) is 5.82 Å². The second-order valence-corrected chi connectivity index (χ2v) is 5.53. The first kappa shape index (κ1) is 7.79. The maximum Gasteiger partial charge on any atom is 0.161 e. The topological polar surface area (TPSA) is 47.2 Å². The quantitative estimate of drug-likeness (QED) is 0.653. The number of aromatic nitrogens is 2. The van der Waals surface area contributed by atoms with E-state index in [-0.39, 0.29) is 0 Å². The molecular formula is C7H11N3OS. The van der Waals surface area contributed by atoms with E-state index in [1.807, 2.05) is 7.05 Å². The normalized spacial score (nSPS) is 20.1. The van der Waals surface area contributed by atoms with E-state index in [1.54, 1.807) is 17.1 Å². The molecule has 1 aromatic rings. The van der Waals surface area contributed by atoms with Gasteiger partial charge in [0.05, 0.1) is 22.3 Å². The van der Waals surface area contributed by atoms with Gasteiger partial charge in [0, 0.05) is 18.6 Å². The lowest BCUT2D eigenvalue weighted by Crippen LogP contribution is -2.23. The Kier molecular flexibility index (Phi) is 1.68. The van der Waals surface area contributed by atoms with Crippen LogP contribution in [-0.2, 0) is 16.8 Å². The minimum Gasteiger partial charge on any atom is -0.318 e. The fourth-order valence-corrected chi connectivity index (χ4v) is 2.57. The summed E-state index contributed by atoms with van der Waals surface area (Å²) >= 11 is 0. The number of nitrogens with zero attached hydrogens (tertiary/aromatic N) is 3. The van der Waals surface area contributed by atoms with Gasteiger partial charge in [0.2, 0.25) is 0 Å². The summed E-state index contributed by atoms with van der Waals surface area (Å²) in [5.41, 5.74) is 0. The highest BCUT2D eigenvalue weighted by atomic mass is 32.2. The first-order valence-electron chi connectivity index (χ1n) is 3.88. The standard InChI is InChI=1S/C7H11N3OS/c1-10-6-8-5-7(10)9-12(11)3-2-4-12/h5-6H,2-4H2,1H3. The van der Waals surface area contributed by atoms with Crippen molar-refractivity contribution >= 4 is 15.5 Å². The van der Waals surface area contributed by atoms with Gasteiger partial charge in [-0.1, -0.05) is 0 Å². The molecule has 0 amide bonds. The molecule has 0 unspecified atom stereocenters. The Bertz CT molecular complexity index is 391. The van der Waals surface area contributed by atoms with Crippen LogP contribution in [0.25, 0.3) is 0 Å². The Morgan fingerprint density at radius 2 is 2.42 bits per heavy atom. The Morgan fingerprint density at radius 1 is 1.67 bits per heavy atom. The van der Waals surface area contributed by atoms with Crippen LogP contribution < -0.4 is 0 Å². The van der Waals surface area contributed by atoms with Crippen molar-refractivity contribution in [3.63, 3.8) is 0 Å². The number of hydrogen-bond donors (Lipinski definition) is 0. The van der Waals surface area contributed by atoms with Crippen molar-refractivity contribution in [2.24, 2.45) is 11.4 Å². The van der Waals surface area contributed by atoms with Crippen LogP contribution in [0.3, 0.4) is 0 Å². The molecule has 4 nitrogen and oxygen atoms in total. The molecule has 2 heterocycles. The lowest BCUT2D eigenvalue weighted by atomic mass is 10.5. The van der Waals surface area contributed by atoms with Crippen molar-refractivity contribution in [1.29, 1.82) is 0 Å². The summed E-state index contributed by atoms with van der Waals surface area (Å²) in [6.45, 7) is 0. The second kappa shape index (κ2) is 2.58. The third-order valence-corrected chi connectivity index (χ3v) is 4.35. The lowest BCUT2D eigenvalue weighted by Gasteiger charge is -2.17. The van der Waals surface area contributed by atoms with E-state index < -0.39 is 9.73 Å². The fraction of sp³-hybridized carbons (Fsp3) is 0.571. The SMILES string of the molecule is Cn1cncc1N=S1(=O)CCC1. The van der Waals surface area contributed by atoms with Gasteiger partial charge < -0.3 is 4.57 Å². The van der Waals surface area contributed by atoms with Gasteiger partial charge >= 0.3 is 0 Å². The molecule has 1 aliphatic heterocycles. The first-order valence-corrected chi connectivity index (χ1v) is 5.74. The van der Waals surface area contributed by atoms with Gasteiger partial charge in [-0.3, -0.25) is 0 Å². The number of hydrogen-bond acceptors (Lipinski definition) is 3.